The van der Waals surface area contributed by atoms with E-state index in [-0.39, 0.29) is 0 Å². The van der Waals surface area contributed by atoms with Gasteiger partial charge < -0.3 is 15.5 Å². The largest absolute Gasteiger partial charge is 0.381 e. The van der Waals surface area contributed by atoms with Gasteiger partial charge in [0.2, 0.25) is 0 Å². The van der Waals surface area contributed by atoms with Crippen LogP contribution in [-0.4, -0.2) is 29.2 Å². The van der Waals surface area contributed by atoms with Crippen LogP contribution >= 0.6 is 0 Å². The maximum atomic E-state index is 5.32. The summed E-state index contributed by atoms with van der Waals surface area (Å²) in [5.74, 6) is 6.69. The van der Waals surface area contributed by atoms with Gasteiger partial charge in [0.05, 0.1) is 6.10 Å². The fraction of sp³-hybridized carbons (Fsp3) is 0.600. The van der Waals surface area contributed by atoms with Crippen molar-refractivity contribution in [2.75, 3.05) is 17.9 Å². The van der Waals surface area contributed by atoms with Gasteiger partial charge in [-0.1, -0.05) is 0 Å². The number of nitrogen functional groups attached to an aromatic ring is 1. The van der Waals surface area contributed by atoms with Gasteiger partial charge in [-0.15, -0.1) is 0 Å². The molecule has 6 nitrogen and oxygen atoms in total. The van der Waals surface area contributed by atoms with E-state index >= 15 is 0 Å². The molecule has 2 atom stereocenters. The predicted molar refractivity (Wildman–Crippen MR) is 61.9 cm³/mol. The molecule has 88 valence electrons. The molecule has 1 aromatic heterocycles. The molecule has 1 aliphatic rings. The molecule has 16 heavy (non-hydrogen) atoms. The molecule has 1 heterocycles. The average molecular weight is 223 g/mol. The van der Waals surface area contributed by atoms with Crippen LogP contribution < -0.4 is 16.6 Å². The number of aromatic nitrogens is 2. The molecule has 0 aromatic carbocycles. The van der Waals surface area contributed by atoms with Crippen molar-refractivity contribution in [1.29, 1.82) is 0 Å². The number of ether oxygens (including phenoxy) is 1. The zero-order valence-corrected chi connectivity index (χ0v) is 9.31. The van der Waals surface area contributed by atoms with Gasteiger partial charge in [0.25, 0.3) is 0 Å². The van der Waals surface area contributed by atoms with Gasteiger partial charge in [0.1, 0.15) is 18.0 Å². The molecule has 2 unspecified atom stereocenters. The third-order valence-electron chi connectivity index (χ3n) is 2.88. The van der Waals surface area contributed by atoms with E-state index in [9.17, 15) is 0 Å². The van der Waals surface area contributed by atoms with E-state index in [0.29, 0.717) is 18.0 Å². The lowest BCUT2D eigenvalue weighted by atomic mass is 10.2. The summed E-state index contributed by atoms with van der Waals surface area (Å²) >= 11 is 0. The number of nitrogens with zero attached hydrogens (tertiary/aromatic N) is 2. The van der Waals surface area contributed by atoms with Crippen molar-refractivity contribution in [3.05, 3.63) is 12.4 Å². The van der Waals surface area contributed by atoms with Crippen LogP contribution in [0.4, 0.5) is 11.6 Å². The summed E-state index contributed by atoms with van der Waals surface area (Å²) in [6.07, 6.45) is 5.08. The Kier molecular flexibility index (Phi) is 3.53. The molecule has 6 heteroatoms. The fourth-order valence-electron chi connectivity index (χ4n) is 2.01. The molecule has 0 radical (unpaired) electrons. The summed E-state index contributed by atoms with van der Waals surface area (Å²) in [5, 5.41) is 3.35. The minimum atomic E-state index is 0.367. The molecule has 0 amide bonds. The Morgan fingerprint density at radius 1 is 1.38 bits per heavy atom. The van der Waals surface area contributed by atoms with Crippen molar-refractivity contribution in [2.24, 2.45) is 5.84 Å². The molecule has 1 aromatic rings. The minimum absolute atomic E-state index is 0.367. The Balaban J connectivity index is 1.94. The highest BCUT2D eigenvalue weighted by Crippen LogP contribution is 2.24. The summed E-state index contributed by atoms with van der Waals surface area (Å²) < 4.78 is 5.32. The van der Waals surface area contributed by atoms with Crippen molar-refractivity contribution in [3.8, 4) is 0 Å². The second-order valence-corrected chi connectivity index (χ2v) is 3.94. The zero-order valence-electron chi connectivity index (χ0n) is 9.31. The van der Waals surface area contributed by atoms with Crippen LogP contribution in [0, 0.1) is 0 Å². The van der Waals surface area contributed by atoms with Crippen LogP contribution in [0.3, 0.4) is 0 Å². The van der Waals surface area contributed by atoms with E-state index in [2.05, 4.69) is 20.7 Å². The highest BCUT2D eigenvalue weighted by atomic mass is 16.5. The lowest BCUT2D eigenvalue weighted by molar-refractivity contribution is 0.108. The van der Waals surface area contributed by atoms with E-state index in [1.54, 1.807) is 13.2 Å². The Morgan fingerprint density at radius 2 is 2.19 bits per heavy atom. The molecule has 1 fully saturated rings. The third-order valence-corrected chi connectivity index (χ3v) is 2.88. The normalized spacial score (nSPS) is 24.4. The van der Waals surface area contributed by atoms with Crippen molar-refractivity contribution in [3.63, 3.8) is 0 Å². The smallest absolute Gasteiger partial charge is 0.145 e. The maximum Gasteiger partial charge on any atom is 0.145 e. The summed E-state index contributed by atoms with van der Waals surface area (Å²) in [6.45, 7) is 0. The molecule has 0 spiro atoms. The van der Waals surface area contributed by atoms with Crippen LogP contribution in [0.1, 0.15) is 19.3 Å². The highest BCUT2D eigenvalue weighted by molar-refractivity contribution is 5.46. The van der Waals surface area contributed by atoms with E-state index in [1.807, 2.05) is 0 Å². The first kappa shape index (κ1) is 11.1. The molecule has 0 bridgehead atoms. The van der Waals surface area contributed by atoms with Crippen molar-refractivity contribution < 1.29 is 4.74 Å². The third kappa shape index (κ3) is 2.59. The molecular formula is C10H17N5O. The molecule has 0 saturated heterocycles. The standard InChI is InChI=1S/C10H17N5O/c1-16-8-3-2-7(4-8)14-9-5-10(15-11)13-6-12-9/h5-8H,2-4,11H2,1H3,(H2,12,13,14,15). The number of nitrogens with two attached hydrogens (primary N) is 1. The first-order valence-electron chi connectivity index (χ1n) is 5.40. The van der Waals surface area contributed by atoms with Gasteiger partial charge in [0.15, 0.2) is 0 Å². The Labute approximate surface area is 94.6 Å². The number of methoxy groups -OCH3 is 1. The van der Waals surface area contributed by atoms with Crippen molar-refractivity contribution >= 4 is 11.6 Å². The van der Waals surface area contributed by atoms with Gasteiger partial charge in [-0.3, -0.25) is 0 Å². The van der Waals surface area contributed by atoms with Crippen LogP contribution in [0.15, 0.2) is 12.4 Å². The number of rotatable bonds is 4. The van der Waals surface area contributed by atoms with Gasteiger partial charge >= 0.3 is 0 Å². The zero-order chi connectivity index (χ0) is 11.4. The number of hydrogen-bond donors (Lipinski definition) is 3. The van der Waals surface area contributed by atoms with E-state index in [4.69, 9.17) is 10.6 Å². The minimum Gasteiger partial charge on any atom is -0.381 e. The first-order valence-corrected chi connectivity index (χ1v) is 5.40. The van der Waals surface area contributed by atoms with E-state index < -0.39 is 0 Å². The number of anilines is 2. The number of hydrogen-bond acceptors (Lipinski definition) is 6. The van der Waals surface area contributed by atoms with Crippen LogP contribution in [0.25, 0.3) is 0 Å². The van der Waals surface area contributed by atoms with Crippen LogP contribution in [0.5, 0.6) is 0 Å². The topological polar surface area (TPSA) is 85.1 Å². The fourth-order valence-corrected chi connectivity index (χ4v) is 2.01. The van der Waals surface area contributed by atoms with Gasteiger partial charge in [-0.2, -0.15) is 0 Å². The molecule has 1 saturated carbocycles. The van der Waals surface area contributed by atoms with Gasteiger partial charge in [-0.25, -0.2) is 15.8 Å². The summed E-state index contributed by atoms with van der Waals surface area (Å²) in [4.78, 5) is 8.09. The molecular weight excluding hydrogens is 206 g/mol. The van der Waals surface area contributed by atoms with Crippen molar-refractivity contribution in [1.82, 2.24) is 9.97 Å². The lowest BCUT2D eigenvalue weighted by Crippen LogP contribution is -2.18. The van der Waals surface area contributed by atoms with Crippen LogP contribution in [-0.2, 0) is 4.74 Å². The van der Waals surface area contributed by atoms with Crippen LogP contribution in [0.2, 0.25) is 0 Å². The number of nitrogens with one attached hydrogen (secondary N) is 2. The summed E-state index contributed by atoms with van der Waals surface area (Å²) in [7, 11) is 1.76. The first-order chi connectivity index (χ1) is 7.81. The molecule has 2 rings (SSSR count). The predicted octanol–water partition coefficient (Wildman–Crippen LogP) is 0.742. The molecule has 1 aliphatic carbocycles. The molecule has 0 aliphatic heterocycles. The van der Waals surface area contributed by atoms with E-state index in [1.165, 1.54) is 6.33 Å². The Bertz CT molecular complexity index is 346. The average Bonchev–Trinajstić information content (AvgIpc) is 2.77. The Hall–Kier alpha value is -1.40. The van der Waals surface area contributed by atoms with E-state index in [0.717, 1.165) is 25.1 Å². The Morgan fingerprint density at radius 3 is 2.88 bits per heavy atom. The SMILES string of the molecule is COC1CCC(Nc2cc(NN)ncn2)C1. The maximum absolute atomic E-state index is 5.32. The monoisotopic (exact) mass is 223 g/mol. The quantitative estimate of drug-likeness (QED) is 0.515. The lowest BCUT2D eigenvalue weighted by Gasteiger charge is -2.13. The van der Waals surface area contributed by atoms with Gasteiger partial charge in [0, 0.05) is 19.2 Å². The second kappa shape index (κ2) is 5.09. The molecule has 4 N–H and O–H groups in total. The summed E-state index contributed by atoms with van der Waals surface area (Å²) in [6, 6.07) is 2.21. The highest BCUT2D eigenvalue weighted by Gasteiger charge is 2.24. The van der Waals surface area contributed by atoms with Crippen molar-refractivity contribution in [2.45, 2.75) is 31.4 Å². The van der Waals surface area contributed by atoms with Gasteiger partial charge in [-0.05, 0) is 19.3 Å². The second-order valence-electron chi connectivity index (χ2n) is 3.94. The summed E-state index contributed by atoms with van der Waals surface area (Å²) in [5.41, 5.74) is 2.50. The number of hydrazine groups is 1.